The third kappa shape index (κ3) is 3.20. The van der Waals surface area contributed by atoms with Crippen LogP contribution in [0.3, 0.4) is 0 Å². The number of esters is 1. The third-order valence-electron chi connectivity index (χ3n) is 2.63. The van der Waals surface area contributed by atoms with Crippen LogP contribution in [0.2, 0.25) is 0 Å². The Morgan fingerprint density at radius 1 is 1.29 bits per heavy atom. The molecular weight excluding hydrogens is 356 g/mol. The zero-order valence-electron chi connectivity index (χ0n) is 10.7. The van der Waals surface area contributed by atoms with Crippen molar-refractivity contribution in [1.82, 2.24) is 10.1 Å². The van der Waals surface area contributed by atoms with Crippen LogP contribution in [0.5, 0.6) is 0 Å². The summed E-state index contributed by atoms with van der Waals surface area (Å²) in [6, 6.07) is 10.8. The summed E-state index contributed by atoms with van der Waals surface area (Å²) in [5, 5.41) is 5.78. The molecule has 0 atom stereocenters. The molecule has 0 aliphatic heterocycles. The number of hydrogen-bond donors (Lipinski definition) is 0. The Morgan fingerprint density at radius 2 is 2.14 bits per heavy atom. The lowest BCUT2D eigenvalue weighted by molar-refractivity contribution is 0.0428. The number of carbonyl (C=O) groups is 1. The van der Waals surface area contributed by atoms with E-state index in [0.29, 0.717) is 15.9 Å². The van der Waals surface area contributed by atoms with Gasteiger partial charge in [0.05, 0.1) is 10.4 Å². The molecule has 21 heavy (non-hydrogen) atoms. The summed E-state index contributed by atoms with van der Waals surface area (Å²) in [6.07, 6.45) is 0. The van der Waals surface area contributed by atoms with Gasteiger partial charge in [-0.1, -0.05) is 23.4 Å². The fourth-order valence-corrected chi connectivity index (χ4v) is 2.75. The monoisotopic (exact) mass is 364 g/mol. The molecule has 1 aromatic carbocycles. The van der Waals surface area contributed by atoms with Crippen molar-refractivity contribution in [1.29, 1.82) is 0 Å². The first-order chi connectivity index (χ1) is 10.2. The maximum Gasteiger partial charge on any atom is 0.339 e. The Labute approximate surface area is 132 Å². The normalized spacial score (nSPS) is 10.5. The molecule has 2 heterocycles. The van der Waals surface area contributed by atoms with Gasteiger partial charge >= 0.3 is 5.97 Å². The Kier molecular flexibility index (Phi) is 4.12. The van der Waals surface area contributed by atoms with Gasteiger partial charge in [-0.2, -0.15) is 4.98 Å². The van der Waals surface area contributed by atoms with E-state index in [1.165, 1.54) is 11.3 Å². The second kappa shape index (κ2) is 6.19. The lowest BCUT2D eigenvalue weighted by Gasteiger charge is -2.03. The van der Waals surface area contributed by atoms with Crippen molar-refractivity contribution in [3.8, 4) is 10.7 Å². The van der Waals surface area contributed by atoms with Gasteiger partial charge in [0, 0.05) is 4.47 Å². The fraction of sp³-hybridized carbons (Fsp3) is 0.0714. The molecule has 0 saturated heterocycles. The van der Waals surface area contributed by atoms with Gasteiger partial charge in [-0.15, -0.1) is 11.3 Å². The molecule has 7 heteroatoms. The van der Waals surface area contributed by atoms with E-state index in [-0.39, 0.29) is 12.5 Å². The summed E-state index contributed by atoms with van der Waals surface area (Å²) in [6.45, 7) is -0.0570. The lowest BCUT2D eigenvalue weighted by Crippen LogP contribution is -2.06. The van der Waals surface area contributed by atoms with Crippen molar-refractivity contribution in [2.45, 2.75) is 6.61 Å². The topological polar surface area (TPSA) is 65.2 Å². The maximum absolute atomic E-state index is 11.9. The predicted molar refractivity (Wildman–Crippen MR) is 80.9 cm³/mol. The third-order valence-corrected chi connectivity index (χ3v) is 4.19. The minimum atomic E-state index is -0.446. The number of ether oxygens (including phenoxy) is 1. The molecule has 0 aliphatic carbocycles. The number of benzene rings is 1. The number of aromatic nitrogens is 2. The van der Waals surface area contributed by atoms with Crippen LogP contribution in [0.1, 0.15) is 16.2 Å². The highest BCUT2D eigenvalue weighted by molar-refractivity contribution is 9.10. The Morgan fingerprint density at radius 3 is 2.90 bits per heavy atom. The van der Waals surface area contributed by atoms with Crippen molar-refractivity contribution >= 4 is 33.2 Å². The highest BCUT2D eigenvalue weighted by atomic mass is 79.9. The van der Waals surface area contributed by atoms with E-state index in [2.05, 4.69) is 26.1 Å². The van der Waals surface area contributed by atoms with Gasteiger partial charge in [0.1, 0.15) is 0 Å². The first-order valence-electron chi connectivity index (χ1n) is 6.02. The molecule has 106 valence electrons. The fourth-order valence-electron chi connectivity index (χ4n) is 1.65. The molecule has 0 amide bonds. The molecule has 0 spiro atoms. The maximum atomic E-state index is 11.9. The minimum Gasteiger partial charge on any atom is -0.452 e. The van der Waals surface area contributed by atoms with Crippen molar-refractivity contribution in [3.63, 3.8) is 0 Å². The van der Waals surface area contributed by atoms with E-state index in [0.717, 1.165) is 4.88 Å². The first kappa shape index (κ1) is 14.0. The molecule has 5 nitrogen and oxygen atoms in total. The van der Waals surface area contributed by atoms with Crippen LogP contribution in [-0.2, 0) is 11.3 Å². The summed E-state index contributed by atoms with van der Waals surface area (Å²) < 4.78 is 10.9. The second-order valence-electron chi connectivity index (χ2n) is 4.05. The smallest absolute Gasteiger partial charge is 0.339 e. The minimum absolute atomic E-state index is 0.0570. The Hall–Kier alpha value is -1.99. The van der Waals surface area contributed by atoms with Crippen LogP contribution in [0.4, 0.5) is 0 Å². The molecule has 0 saturated carbocycles. The zero-order valence-corrected chi connectivity index (χ0v) is 13.1. The van der Waals surface area contributed by atoms with Crippen LogP contribution in [0.15, 0.2) is 50.8 Å². The van der Waals surface area contributed by atoms with Crippen LogP contribution in [0, 0.1) is 0 Å². The molecule has 2 aromatic heterocycles. The van der Waals surface area contributed by atoms with Crippen molar-refractivity contribution in [2.24, 2.45) is 0 Å². The first-order valence-corrected chi connectivity index (χ1v) is 7.69. The van der Waals surface area contributed by atoms with Gasteiger partial charge in [-0.05, 0) is 39.5 Å². The van der Waals surface area contributed by atoms with E-state index in [1.807, 2.05) is 23.6 Å². The number of halogens is 1. The average Bonchev–Trinajstić information content (AvgIpc) is 3.16. The quantitative estimate of drug-likeness (QED) is 0.656. The summed E-state index contributed by atoms with van der Waals surface area (Å²) >= 11 is 4.82. The van der Waals surface area contributed by atoms with Crippen LogP contribution in [0.25, 0.3) is 10.7 Å². The molecule has 0 radical (unpaired) electrons. The zero-order chi connectivity index (χ0) is 14.7. The second-order valence-corrected chi connectivity index (χ2v) is 5.85. The summed E-state index contributed by atoms with van der Waals surface area (Å²) in [5.41, 5.74) is 0.454. The summed E-state index contributed by atoms with van der Waals surface area (Å²) in [7, 11) is 0. The number of rotatable bonds is 4. The number of nitrogens with zero attached hydrogens (tertiary/aromatic N) is 2. The van der Waals surface area contributed by atoms with Gasteiger partial charge in [-0.3, -0.25) is 0 Å². The molecule has 0 fully saturated rings. The number of hydrogen-bond acceptors (Lipinski definition) is 6. The highest BCUT2D eigenvalue weighted by Crippen LogP contribution is 2.22. The average molecular weight is 365 g/mol. The van der Waals surface area contributed by atoms with Gasteiger partial charge in [0.15, 0.2) is 6.61 Å². The molecular formula is C14H9BrN2O3S. The molecule has 3 rings (SSSR count). The van der Waals surface area contributed by atoms with Gasteiger partial charge < -0.3 is 9.26 Å². The number of carbonyl (C=O) groups excluding carboxylic acids is 1. The molecule has 0 aliphatic rings. The van der Waals surface area contributed by atoms with Crippen molar-refractivity contribution in [3.05, 3.63) is 57.7 Å². The predicted octanol–water partition coefficient (Wildman–Crippen LogP) is 3.92. The van der Waals surface area contributed by atoms with Gasteiger partial charge in [0.2, 0.25) is 5.82 Å². The lowest BCUT2D eigenvalue weighted by atomic mass is 10.2. The molecule has 3 aromatic rings. The van der Waals surface area contributed by atoms with E-state index in [4.69, 9.17) is 9.26 Å². The molecule has 0 unspecified atom stereocenters. The summed E-state index contributed by atoms with van der Waals surface area (Å²) in [4.78, 5) is 17.0. The number of thiophene rings is 1. The van der Waals surface area contributed by atoms with E-state index >= 15 is 0 Å². The Balaban J connectivity index is 1.66. The summed E-state index contributed by atoms with van der Waals surface area (Å²) in [5.74, 6) is 0.314. The molecule has 0 N–H and O–H groups in total. The van der Waals surface area contributed by atoms with Crippen LogP contribution in [-0.4, -0.2) is 16.1 Å². The highest BCUT2D eigenvalue weighted by Gasteiger charge is 2.14. The van der Waals surface area contributed by atoms with Gasteiger partial charge in [0.25, 0.3) is 5.89 Å². The van der Waals surface area contributed by atoms with Crippen LogP contribution < -0.4 is 0 Å². The van der Waals surface area contributed by atoms with Crippen molar-refractivity contribution in [2.75, 3.05) is 0 Å². The van der Waals surface area contributed by atoms with Crippen LogP contribution >= 0.6 is 27.3 Å². The van der Waals surface area contributed by atoms with E-state index in [9.17, 15) is 4.79 Å². The van der Waals surface area contributed by atoms with Crippen molar-refractivity contribution < 1.29 is 14.1 Å². The van der Waals surface area contributed by atoms with Gasteiger partial charge in [-0.25, -0.2) is 4.79 Å². The van der Waals surface area contributed by atoms with E-state index in [1.54, 1.807) is 18.2 Å². The standard InChI is InChI=1S/C14H9BrN2O3S/c15-10-5-2-1-4-9(10)14(18)19-8-12-16-13(17-20-12)11-6-3-7-21-11/h1-7H,8H2. The SMILES string of the molecule is O=C(OCc1nc(-c2cccs2)no1)c1ccccc1Br. The van der Waals surface area contributed by atoms with E-state index < -0.39 is 5.97 Å². The Bertz CT molecular complexity index is 755. The molecule has 0 bridgehead atoms. The largest absolute Gasteiger partial charge is 0.452 e.